The van der Waals surface area contributed by atoms with Gasteiger partial charge in [-0.25, -0.2) is 0 Å². The second kappa shape index (κ2) is 4.74. The van der Waals surface area contributed by atoms with Crippen LogP contribution < -0.4 is 5.32 Å². The van der Waals surface area contributed by atoms with Crippen molar-refractivity contribution in [2.45, 2.75) is 26.7 Å². The van der Waals surface area contributed by atoms with Crippen LogP contribution in [0.2, 0.25) is 0 Å². The molecule has 4 heteroatoms. The number of carbonyl (C=O) groups is 1. The molecular formula is C14H15BrN2O. The van der Waals surface area contributed by atoms with Gasteiger partial charge in [0.2, 0.25) is 5.91 Å². The Hall–Kier alpha value is -1.34. The van der Waals surface area contributed by atoms with Crippen LogP contribution in [0, 0.1) is 29.6 Å². The van der Waals surface area contributed by atoms with Gasteiger partial charge in [0, 0.05) is 10.2 Å². The Morgan fingerprint density at radius 3 is 2.78 bits per heavy atom. The highest BCUT2D eigenvalue weighted by Crippen LogP contribution is 2.45. The third-order valence-corrected chi connectivity index (χ3v) is 3.98. The van der Waals surface area contributed by atoms with Crippen LogP contribution in [0.5, 0.6) is 0 Å². The minimum Gasteiger partial charge on any atom is -0.324 e. The molecule has 94 valence electrons. The molecule has 3 nitrogen and oxygen atoms in total. The molecule has 0 aromatic heterocycles. The average Bonchev–Trinajstić information content (AvgIpc) is 2.29. The molecule has 0 saturated heterocycles. The lowest BCUT2D eigenvalue weighted by Gasteiger charge is -2.39. The van der Waals surface area contributed by atoms with E-state index in [9.17, 15) is 10.1 Å². The van der Waals surface area contributed by atoms with E-state index >= 15 is 0 Å². The summed E-state index contributed by atoms with van der Waals surface area (Å²) >= 11 is 3.38. The zero-order valence-corrected chi connectivity index (χ0v) is 12.0. The van der Waals surface area contributed by atoms with Gasteiger partial charge in [-0.1, -0.05) is 28.9 Å². The number of nitrogens with one attached hydrogen (secondary N) is 1. The summed E-state index contributed by atoms with van der Waals surface area (Å²) < 4.78 is 0.913. The van der Waals surface area contributed by atoms with Crippen LogP contribution in [0.3, 0.4) is 0 Å². The smallest absolute Gasteiger partial charge is 0.244 e. The molecule has 1 saturated carbocycles. The Labute approximate surface area is 115 Å². The van der Waals surface area contributed by atoms with Gasteiger partial charge in [-0.15, -0.1) is 0 Å². The molecule has 1 aliphatic carbocycles. The number of aryl methyl sites for hydroxylation is 1. The Morgan fingerprint density at radius 1 is 1.56 bits per heavy atom. The van der Waals surface area contributed by atoms with Crippen molar-refractivity contribution in [2.75, 3.05) is 5.32 Å². The molecule has 0 aliphatic heterocycles. The van der Waals surface area contributed by atoms with Crippen molar-refractivity contribution < 1.29 is 4.79 Å². The number of amides is 1. The highest BCUT2D eigenvalue weighted by molar-refractivity contribution is 9.10. The quantitative estimate of drug-likeness (QED) is 0.907. The van der Waals surface area contributed by atoms with Gasteiger partial charge in [-0.2, -0.15) is 5.26 Å². The van der Waals surface area contributed by atoms with E-state index in [0.29, 0.717) is 18.8 Å². The zero-order valence-electron chi connectivity index (χ0n) is 10.5. The van der Waals surface area contributed by atoms with Gasteiger partial charge < -0.3 is 5.32 Å². The van der Waals surface area contributed by atoms with Crippen LogP contribution in [0.15, 0.2) is 22.7 Å². The SMILES string of the molecule is Cc1ccc(Br)cc1NC(=O)C1(C#N)CC(C)C1. The van der Waals surface area contributed by atoms with Crippen LogP contribution in [-0.2, 0) is 4.79 Å². The first-order valence-corrected chi connectivity index (χ1v) is 6.75. The third-order valence-electron chi connectivity index (χ3n) is 3.49. The summed E-state index contributed by atoms with van der Waals surface area (Å²) in [5.41, 5.74) is 0.935. The van der Waals surface area contributed by atoms with Crippen molar-refractivity contribution in [1.29, 1.82) is 5.26 Å². The molecule has 0 spiro atoms. The van der Waals surface area contributed by atoms with E-state index in [4.69, 9.17) is 0 Å². The first kappa shape index (κ1) is 13.1. The van der Waals surface area contributed by atoms with E-state index in [-0.39, 0.29) is 5.91 Å². The number of rotatable bonds is 2. The predicted molar refractivity (Wildman–Crippen MR) is 74.0 cm³/mol. The lowest BCUT2D eigenvalue weighted by molar-refractivity contribution is -0.128. The number of benzene rings is 1. The maximum absolute atomic E-state index is 12.2. The first-order valence-electron chi connectivity index (χ1n) is 5.96. The summed E-state index contributed by atoms with van der Waals surface area (Å²) in [5.74, 6) is 0.281. The van der Waals surface area contributed by atoms with Crippen molar-refractivity contribution in [3.8, 4) is 6.07 Å². The van der Waals surface area contributed by atoms with Crippen molar-refractivity contribution >= 4 is 27.5 Å². The molecule has 1 fully saturated rings. The van der Waals surface area contributed by atoms with E-state index < -0.39 is 5.41 Å². The highest BCUT2D eigenvalue weighted by Gasteiger charge is 2.49. The summed E-state index contributed by atoms with van der Waals surface area (Å²) in [6.45, 7) is 4.00. The van der Waals surface area contributed by atoms with Crippen molar-refractivity contribution in [1.82, 2.24) is 0 Å². The molecule has 0 radical (unpaired) electrons. The topological polar surface area (TPSA) is 52.9 Å². The monoisotopic (exact) mass is 306 g/mol. The van der Waals surface area contributed by atoms with Gasteiger partial charge in [0.15, 0.2) is 0 Å². The molecule has 1 aliphatic rings. The molecular weight excluding hydrogens is 292 g/mol. The normalized spacial score (nSPS) is 26.0. The van der Waals surface area contributed by atoms with Gasteiger partial charge in [0.1, 0.15) is 5.41 Å². The van der Waals surface area contributed by atoms with Crippen LogP contribution >= 0.6 is 15.9 Å². The van der Waals surface area contributed by atoms with Crippen molar-refractivity contribution in [3.63, 3.8) is 0 Å². The summed E-state index contributed by atoms with van der Waals surface area (Å²) in [6, 6.07) is 7.90. The minimum atomic E-state index is -0.825. The minimum absolute atomic E-state index is 0.177. The number of nitrogens with zero attached hydrogens (tertiary/aromatic N) is 1. The Balaban J connectivity index is 2.17. The largest absolute Gasteiger partial charge is 0.324 e. The molecule has 0 atom stereocenters. The molecule has 2 rings (SSSR count). The second-order valence-corrected chi connectivity index (χ2v) is 6.04. The van der Waals surface area contributed by atoms with Crippen LogP contribution in [0.1, 0.15) is 25.3 Å². The lowest BCUT2D eigenvalue weighted by Crippen LogP contribution is -2.45. The Morgan fingerprint density at radius 2 is 2.22 bits per heavy atom. The van der Waals surface area contributed by atoms with E-state index in [1.54, 1.807) is 0 Å². The fraction of sp³-hybridized carbons (Fsp3) is 0.429. The number of carbonyl (C=O) groups excluding carboxylic acids is 1. The average molecular weight is 307 g/mol. The second-order valence-electron chi connectivity index (χ2n) is 5.12. The van der Waals surface area contributed by atoms with E-state index in [1.807, 2.05) is 25.1 Å². The Bertz CT molecular complexity index is 527. The number of halogens is 1. The first-order chi connectivity index (χ1) is 8.47. The number of hydrogen-bond donors (Lipinski definition) is 1. The van der Waals surface area contributed by atoms with Crippen molar-refractivity contribution in [2.24, 2.45) is 11.3 Å². The maximum atomic E-state index is 12.2. The number of anilines is 1. The third kappa shape index (κ3) is 2.28. The predicted octanol–water partition coefficient (Wildman–Crippen LogP) is 3.64. The standard InChI is InChI=1S/C14H15BrN2O/c1-9-6-14(7-9,8-16)13(18)17-12-5-11(15)4-3-10(12)2/h3-5,9H,6-7H2,1-2H3,(H,17,18). The molecule has 18 heavy (non-hydrogen) atoms. The van der Waals surface area contributed by atoms with E-state index in [1.165, 1.54) is 0 Å². The molecule has 1 aromatic carbocycles. The fourth-order valence-corrected chi connectivity index (χ4v) is 2.79. The lowest BCUT2D eigenvalue weighted by atomic mass is 9.63. The number of nitriles is 1. The fourth-order valence-electron chi connectivity index (χ4n) is 2.43. The summed E-state index contributed by atoms with van der Waals surface area (Å²) in [6.07, 6.45) is 1.31. The van der Waals surface area contributed by atoms with Gasteiger partial charge in [-0.3, -0.25) is 4.79 Å². The molecule has 1 aromatic rings. The molecule has 0 unspecified atom stereocenters. The van der Waals surface area contributed by atoms with Crippen LogP contribution in [-0.4, -0.2) is 5.91 Å². The van der Waals surface area contributed by atoms with Crippen LogP contribution in [0.4, 0.5) is 5.69 Å². The molecule has 1 amide bonds. The summed E-state index contributed by atoms with van der Waals surface area (Å²) in [4.78, 5) is 12.2. The molecule has 0 bridgehead atoms. The molecule has 1 N–H and O–H groups in total. The zero-order chi connectivity index (χ0) is 13.3. The maximum Gasteiger partial charge on any atom is 0.244 e. The van der Waals surface area contributed by atoms with Gasteiger partial charge in [-0.05, 0) is 43.4 Å². The highest BCUT2D eigenvalue weighted by atomic mass is 79.9. The molecule has 0 heterocycles. The Kier molecular flexibility index (Phi) is 3.45. The van der Waals surface area contributed by atoms with Gasteiger partial charge in [0.25, 0.3) is 0 Å². The van der Waals surface area contributed by atoms with Gasteiger partial charge >= 0.3 is 0 Å². The van der Waals surface area contributed by atoms with E-state index in [2.05, 4.69) is 34.2 Å². The number of hydrogen-bond acceptors (Lipinski definition) is 2. The van der Waals surface area contributed by atoms with Crippen LogP contribution in [0.25, 0.3) is 0 Å². The van der Waals surface area contributed by atoms with Crippen molar-refractivity contribution in [3.05, 3.63) is 28.2 Å². The van der Waals surface area contributed by atoms with E-state index in [0.717, 1.165) is 15.7 Å². The summed E-state index contributed by atoms with van der Waals surface area (Å²) in [5, 5.41) is 12.1. The summed E-state index contributed by atoms with van der Waals surface area (Å²) in [7, 11) is 0. The van der Waals surface area contributed by atoms with Gasteiger partial charge in [0.05, 0.1) is 6.07 Å².